The molecule has 0 saturated carbocycles. The number of ether oxygens (including phenoxy) is 1. The monoisotopic (exact) mass is 329 g/mol. The van der Waals surface area contributed by atoms with E-state index in [2.05, 4.69) is 10.2 Å². The summed E-state index contributed by atoms with van der Waals surface area (Å²) in [5, 5.41) is 9.78. The molecule has 0 radical (unpaired) electrons. The third kappa shape index (κ3) is 7.94. The molecule has 0 aliphatic carbocycles. The van der Waals surface area contributed by atoms with Crippen molar-refractivity contribution in [2.24, 2.45) is 0 Å². The minimum absolute atomic E-state index is 0.00168. The van der Waals surface area contributed by atoms with Crippen molar-refractivity contribution in [3.05, 3.63) is 0 Å². The first kappa shape index (κ1) is 19.4. The first-order valence-electron chi connectivity index (χ1n) is 7.99. The number of carbonyl (C=O) groups is 3. The second-order valence-electron chi connectivity index (χ2n) is 5.77. The molecule has 0 spiro atoms. The smallest absolute Gasteiger partial charge is 0.290 e. The van der Waals surface area contributed by atoms with Gasteiger partial charge in [0.05, 0.1) is 6.10 Å². The third-order valence-corrected chi connectivity index (χ3v) is 3.95. The molecule has 2 aliphatic heterocycles. The van der Waals surface area contributed by atoms with Gasteiger partial charge < -0.3 is 25.0 Å². The van der Waals surface area contributed by atoms with Crippen molar-refractivity contribution in [1.29, 1.82) is 0 Å². The van der Waals surface area contributed by atoms with Gasteiger partial charge in [0.25, 0.3) is 6.47 Å². The Morgan fingerprint density at radius 2 is 2.09 bits per heavy atom. The van der Waals surface area contributed by atoms with E-state index in [1.165, 1.54) is 25.9 Å². The van der Waals surface area contributed by atoms with Gasteiger partial charge in [-0.05, 0) is 38.9 Å². The summed E-state index contributed by atoms with van der Waals surface area (Å²) in [5.74, 6) is 0.0746. The highest BCUT2D eigenvalue weighted by Gasteiger charge is 2.23. The molecular weight excluding hydrogens is 302 g/mol. The molecule has 0 bridgehead atoms. The maximum absolute atomic E-state index is 11.7. The van der Waals surface area contributed by atoms with E-state index in [1.54, 1.807) is 11.9 Å². The molecule has 0 aromatic rings. The summed E-state index contributed by atoms with van der Waals surface area (Å²) in [6, 6.07) is 0. The van der Waals surface area contributed by atoms with E-state index in [-0.39, 0.29) is 31.0 Å². The van der Waals surface area contributed by atoms with Crippen molar-refractivity contribution in [3.63, 3.8) is 0 Å². The lowest BCUT2D eigenvalue weighted by atomic mass is 10.2. The lowest BCUT2D eigenvalue weighted by Crippen LogP contribution is -2.48. The highest BCUT2D eigenvalue weighted by molar-refractivity contribution is 5.78. The predicted octanol–water partition coefficient (Wildman–Crippen LogP) is -0.463. The van der Waals surface area contributed by atoms with E-state index >= 15 is 0 Å². The van der Waals surface area contributed by atoms with Crippen LogP contribution in [0.15, 0.2) is 0 Å². The molecule has 1 atom stereocenters. The normalized spacial score (nSPS) is 21.5. The Morgan fingerprint density at radius 1 is 1.43 bits per heavy atom. The largest absolute Gasteiger partial charge is 0.483 e. The summed E-state index contributed by atoms with van der Waals surface area (Å²) in [5.41, 5.74) is 0. The number of likely N-dealkylation sites (tertiary alicyclic amines) is 1. The van der Waals surface area contributed by atoms with Crippen LogP contribution in [0.1, 0.15) is 25.7 Å². The fourth-order valence-electron chi connectivity index (χ4n) is 2.67. The molecule has 2 heterocycles. The molecule has 1 unspecified atom stereocenters. The average Bonchev–Trinajstić information content (AvgIpc) is 3.03. The second kappa shape index (κ2) is 11.0. The van der Waals surface area contributed by atoms with Crippen LogP contribution in [0.3, 0.4) is 0 Å². The maximum Gasteiger partial charge on any atom is 0.290 e. The van der Waals surface area contributed by atoms with Crippen LogP contribution in [-0.4, -0.2) is 85.7 Å². The SMILES string of the molecule is CN1CC(CNC(=O)CCCN2CCCC2)OCC1=O.O=CO. The standard InChI is InChI=1S/C14H25N3O3.CH2O2/c1-16-10-12(20-11-14(16)19)9-15-13(18)5-4-8-17-6-2-3-7-17;2-1-3/h12H,2-11H2,1H3,(H,15,18);1H,(H,2,3). The molecular formula is C15H27N3O5. The molecule has 132 valence electrons. The molecule has 2 saturated heterocycles. The predicted molar refractivity (Wildman–Crippen MR) is 84.0 cm³/mol. The summed E-state index contributed by atoms with van der Waals surface area (Å²) >= 11 is 0. The van der Waals surface area contributed by atoms with Gasteiger partial charge in [0.15, 0.2) is 0 Å². The van der Waals surface area contributed by atoms with E-state index in [0.717, 1.165) is 13.0 Å². The van der Waals surface area contributed by atoms with Gasteiger partial charge in [0.1, 0.15) is 6.61 Å². The van der Waals surface area contributed by atoms with E-state index in [4.69, 9.17) is 14.6 Å². The topological polar surface area (TPSA) is 99.2 Å². The van der Waals surface area contributed by atoms with E-state index in [0.29, 0.717) is 19.5 Å². The number of carboxylic acid groups (broad SMARTS) is 1. The van der Waals surface area contributed by atoms with Crippen molar-refractivity contribution in [2.45, 2.75) is 31.8 Å². The summed E-state index contributed by atoms with van der Waals surface area (Å²) in [6.07, 6.45) is 3.98. The average molecular weight is 329 g/mol. The van der Waals surface area contributed by atoms with E-state index < -0.39 is 0 Å². The van der Waals surface area contributed by atoms with Crippen molar-refractivity contribution < 1.29 is 24.2 Å². The Balaban J connectivity index is 0.000000816. The zero-order valence-corrected chi connectivity index (χ0v) is 13.7. The third-order valence-electron chi connectivity index (χ3n) is 3.95. The molecule has 8 heteroatoms. The van der Waals surface area contributed by atoms with Gasteiger partial charge in [-0.15, -0.1) is 0 Å². The number of morpholine rings is 1. The lowest BCUT2D eigenvalue weighted by Gasteiger charge is -2.29. The lowest BCUT2D eigenvalue weighted by molar-refractivity contribution is -0.146. The number of nitrogens with zero attached hydrogens (tertiary/aromatic N) is 2. The minimum atomic E-state index is -0.250. The fraction of sp³-hybridized carbons (Fsp3) is 0.800. The Labute approximate surface area is 136 Å². The van der Waals surface area contributed by atoms with Crippen LogP contribution in [-0.2, 0) is 19.1 Å². The number of likely N-dealkylation sites (N-methyl/N-ethyl adjacent to an activating group) is 1. The molecule has 23 heavy (non-hydrogen) atoms. The van der Waals surface area contributed by atoms with Crippen LogP contribution in [0.2, 0.25) is 0 Å². The van der Waals surface area contributed by atoms with Gasteiger partial charge in [-0.1, -0.05) is 0 Å². The number of hydrogen-bond donors (Lipinski definition) is 2. The molecule has 0 aromatic heterocycles. The Hall–Kier alpha value is -1.67. The Bertz CT molecular complexity index is 385. The van der Waals surface area contributed by atoms with Crippen LogP contribution >= 0.6 is 0 Å². The summed E-state index contributed by atoms with van der Waals surface area (Å²) in [4.78, 5) is 35.4. The van der Waals surface area contributed by atoms with E-state index in [9.17, 15) is 9.59 Å². The molecule has 2 N–H and O–H groups in total. The second-order valence-corrected chi connectivity index (χ2v) is 5.77. The van der Waals surface area contributed by atoms with Crippen molar-refractivity contribution in [1.82, 2.24) is 15.1 Å². The zero-order chi connectivity index (χ0) is 17.1. The van der Waals surface area contributed by atoms with E-state index in [1.807, 2.05) is 0 Å². The molecule has 2 aliphatic rings. The van der Waals surface area contributed by atoms with Crippen molar-refractivity contribution >= 4 is 18.3 Å². The minimum Gasteiger partial charge on any atom is -0.483 e. The number of hydrogen-bond acceptors (Lipinski definition) is 5. The van der Waals surface area contributed by atoms with Crippen LogP contribution in [0.25, 0.3) is 0 Å². The Morgan fingerprint density at radius 3 is 2.70 bits per heavy atom. The number of carbonyl (C=O) groups excluding carboxylic acids is 2. The highest BCUT2D eigenvalue weighted by Crippen LogP contribution is 2.08. The van der Waals surface area contributed by atoms with Gasteiger partial charge in [-0.3, -0.25) is 14.4 Å². The van der Waals surface area contributed by atoms with Gasteiger partial charge in [0, 0.05) is 26.6 Å². The van der Waals surface area contributed by atoms with Crippen molar-refractivity contribution in [2.75, 3.05) is 46.4 Å². The number of amides is 2. The van der Waals surface area contributed by atoms with Crippen molar-refractivity contribution in [3.8, 4) is 0 Å². The molecule has 2 rings (SSSR count). The number of nitrogens with one attached hydrogen (secondary N) is 1. The summed E-state index contributed by atoms with van der Waals surface area (Å²) in [6.45, 7) is 4.28. The van der Waals surface area contributed by atoms with Gasteiger partial charge in [-0.25, -0.2) is 0 Å². The van der Waals surface area contributed by atoms with Crippen LogP contribution < -0.4 is 5.32 Å². The molecule has 0 aromatic carbocycles. The summed E-state index contributed by atoms with van der Waals surface area (Å²) in [7, 11) is 1.76. The van der Waals surface area contributed by atoms with Crippen LogP contribution in [0, 0.1) is 0 Å². The first-order chi connectivity index (χ1) is 11.1. The van der Waals surface area contributed by atoms with Crippen LogP contribution in [0.4, 0.5) is 0 Å². The summed E-state index contributed by atoms with van der Waals surface area (Å²) < 4.78 is 5.38. The van der Waals surface area contributed by atoms with Gasteiger partial charge in [-0.2, -0.15) is 0 Å². The molecule has 2 fully saturated rings. The maximum atomic E-state index is 11.7. The first-order valence-corrected chi connectivity index (χ1v) is 7.99. The number of rotatable bonds is 6. The molecule has 2 amide bonds. The fourth-order valence-corrected chi connectivity index (χ4v) is 2.67. The zero-order valence-electron chi connectivity index (χ0n) is 13.7. The highest BCUT2D eigenvalue weighted by atomic mass is 16.5. The van der Waals surface area contributed by atoms with Gasteiger partial charge in [0.2, 0.25) is 11.8 Å². The Kier molecular flexibility index (Phi) is 9.23. The van der Waals surface area contributed by atoms with Crippen LogP contribution in [0.5, 0.6) is 0 Å². The quantitative estimate of drug-likeness (QED) is 0.640. The molecule has 8 nitrogen and oxygen atoms in total. The van der Waals surface area contributed by atoms with Gasteiger partial charge >= 0.3 is 0 Å².